The van der Waals surface area contributed by atoms with Crippen LogP contribution in [0, 0.1) is 0 Å². The molecule has 0 aromatic heterocycles. The Morgan fingerprint density at radius 2 is 2.33 bits per heavy atom. The van der Waals surface area contributed by atoms with Gasteiger partial charge in [0, 0.05) is 26.8 Å². The SMILES string of the molecule is CCCOCCCNC1CCN(C)C1=O. The molecule has 0 aliphatic carbocycles. The van der Waals surface area contributed by atoms with Crippen molar-refractivity contribution in [2.75, 3.05) is 33.4 Å². The van der Waals surface area contributed by atoms with E-state index in [2.05, 4.69) is 12.2 Å². The summed E-state index contributed by atoms with van der Waals surface area (Å²) in [6, 6.07) is 0.0428. The van der Waals surface area contributed by atoms with Crippen LogP contribution in [0.3, 0.4) is 0 Å². The number of carbonyl (C=O) groups is 1. The molecule has 0 aromatic rings. The summed E-state index contributed by atoms with van der Waals surface area (Å²) in [6.07, 6.45) is 2.98. The molecule has 1 fully saturated rings. The number of nitrogens with zero attached hydrogens (tertiary/aromatic N) is 1. The number of hydrogen-bond acceptors (Lipinski definition) is 3. The summed E-state index contributed by atoms with van der Waals surface area (Å²) in [5.41, 5.74) is 0. The van der Waals surface area contributed by atoms with Gasteiger partial charge in [0.05, 0.1) is 6.04 Å². The van der Waals surface area contributed by atoms with Gasteiger partial charge >= 0.3 is 0 Å². The Bertz CT molecular complexity index is 197. The summed E-state index contributed by atoms with van der Waals surface area (Å²) in [6.45, 7) is 5.48. The van der Waals surface area contributed by atoms with Crippen molar-refractivity contribution in [3.63, 3.8) is 0 Å². The second-order valence-electron chi connectivity index (χ2n) is 4.02. The molecule has 0 radical (unpaired) electrons. The lowest BCUT2D eigenvalue weighted by Gasteiger charge is -2.11. The van der Waals surface area contributed by atoms with Crippen LogP contribution in [0.4, 0.5) is 0 Å². The van der Waals surface area contributed by atoms with Crippen molar-refractivity contribution in [3.8, 4) is 0 Å². The topological polar surface area (TPSA) is 41.6 Å². The Kier molecular flexibility index (Phi) is 5.65. The van der Waals surface area contributed by atoms with Crippen molar-refractivity contribution in [1.29, 1.82) is 0 Å². The van der Waals surface area contributed by atoms with Gasteiger partial charge in [-0.05, 0) is 25.8 Å². The number of nitrogens with one attached hydrogen (secondary N) is 1. The van der Waals surface area contributed by atoms with Gasteiger partial charge in [-0.15, -0.1) is 0 Å². The van der Waals surface area contributed by atoms with Gasteiger partial charge in [0.1, 0.15) is 0 Å². The van der Waals surface area contributed by atoms with Crippen molar-refractivity contribution >= 4 is 5.91 Å². The van der Waals surface area contributed by atoms with Crippen molar-refractivity contribution in [1.82, 2.24) is 10.2 Å². The first kappa shape index (κ1) is 12.5. The Morgan fingerprint density at radius 3 is 2.93 bits per heavy atom. The summed E-state index contributed by atoms with van der Waals surface area (Å²) < 4.78 is 5.36. The van der Waals surface area contributed by atoms with Gasteiger partial charge in [-0.25, -0.2) is 0 Å². The first-order valence-electron chi connectivity index (χ1n) is 5.81. The summed E-state index contributed by atoms with van der Waals surface area (Å²) in [4.78, 5) is 13.3. The molecule has 1 rings (SSSR count). The maximum atomic E-state index is 11.5. The van der Waals surface area contributed by atoms with Crippen LogP contribution < -0.4 is 5.32 Å². The van der Waals surface area contributed by atoms with Crippen molar-refractivity contribution in [2.45, 2.75) is 32.2 Å². The second kappa shape index (κ2) is 6.80. The molecule has 1 unspecified atom stereocenters. The van der Waals surface area contributed by atoms with E-state index in [1.165, 1.54) is 0 Å². The molecule has 0 bridgehead atoms. The predicted molar refractivity (Wildman–Crippen MR) is 59.8 cm³/mol. The van der Waals surface area contributed by atoms with E-state index in [9.17, 15) is 4.79 Å². The van der Waals surface area contributed by atoms with E-state index in [0.717, 1.165) is 45.6 Å². The van der Waals surface area contributed by atoms with Gasteiger partial charge in [0.2, 0.25) is 5.91 Å². The van der Waals surface area contributed by atoms with Crippen LogP contribution in [0.25, 0.3) is 0 Å². The number of likely N-dealkylation sites (N-methyl/N-ethyl adjacent to an activating group) is 1. The fraction of sp³-hybridized carbons (Fsp3) is 0.909. The first-order valence-corrected chi connectivity index (χ1v) is 5.81. The van der Waals surface area contributed by atoms with E-state index in [-0.39, 0.29) is 11.9 Å². The molecule has 1 aliphatic heterocycles. The molecule has 1 atom stereocenters. The fourth-order valence-electron chi connectivity index (χ4n) is 1.71. The second-order valence-corrected chi connectivity index (χ2v) is 4.02. The number of carbonyl (C=O) groups excluding carboxylic acids is 1. The Balaban J connectivity index is 1.98. The lowest BCUT2D eigenvalue weighted by atomic mass is 10.2. The largest absolute Gasteiger partial charge is 0.381 e. The highest BCUT2D eigenvalue weighted by Crippen LogP contribution is 2.07. The third-order valence-corrected chi connectivity index (χ3v) is 2.63. The predicted octanol–water partition coefficient (Wildman–Crippen LogP) is 0.623. The molecule has 15 heavy (non-hydrogen) atoms. The quantitative estimate of drug-likeness (QED) is 0.632. The summed E-state index contributed by atoms with van der Waals surface area (Å²) in [5.74, 6) is 0.226. The molecule has 1 saturated heterocycles. The standard InChI is InChI=1S/C11H22N2O2/c1-3-8-15-9-4-6-12-10-5-7-13(2)11(10)14/h10,12H,3-9H2,1-2H3. The van der Waals surface area contributed by atoms with Crippen LogP contribution in [0.1, 0.15) is 26.2 Å². The smallest absolute Gasteiger partial charge is 0.239 e. The van der Waals surface area contributed by atoms with Crippen molar-refractivity contribution in [2.24, 2.45) is 0 Å². The molecule has 4 heteroatoms. The van der Waals surface area contributed by atoms with E-state index < -0.39 is 0 Å². The van der Waals surface area contributed by atoms with Crippen LogP contribution in [-0.2, 0) is 9.53 Å². The van der Waals surface area contributed by atoms with Crippen LogP contribution in [0.2, 0.25) is 0 Å². The first-order chi connectivity index (χ1) is 7.25. The summed E-state index contributed by atoms with van der Waals surface area (Å²) in [5, 5.41) is 3.27. The molecule has 4 nitrogen and oxygen atoms in total. The number of rotatable bonds is 7. The third kappa shape index (κ3) is 4.18. The monoisotopic (exact) mass is 214 g/mol. The van der Waals surface area contributed by atoms with Crippen LogP contribution in [-0.4, -0.2) is 50.2 Å². The molecule has 88 valence electrons. The van der Waals surface area contributed by atoms with Gasteiger partial charge in [-0.2, -0.15) is 0 Å². The van der Waals surface area contributed by atoms with Gasteiger partial charge in [-0.1, -0.05) is 6.92 Å². The number of likely N-dealkylation sites (tertiary alicyclic amines) is 1. The highest BCUT2D eigenvalue weighted by Gasteiger charge is 2.27. The van der Waals surface area contributed by atoms with Crippen LogP contribution in [0.15, 0.2) is 0 Å². The molecule has 0 saturated carbocycles. The lowest BCUT2D eigenvalue weighted by Crippen LogP contribution is -2.37. The minimum Gasteiger partial charge on any atom is -0.381 e. The highest BCUT2D eigenvalue weighted by atomic mass is 16.5. The van der Waals surface area contributed by atoms with E-state index in [0.29, 0.717) is 0 Å². The minimum atomic E-state index is 0.0428. The molecule has 1 amide bonds. The summed E-state index contributed by atoms with van der Waals surface area (Å²) >= 11 is 0. The average Bonchev–Trinajstić information content (AvgIpc) is 2.54. The van der Waals surface area contributed by atoms with Crippen LogP contribution >= 0.6 is 0 Å². The van der Waals surface area contributed by atoms with E-state index in [1.54, 1.807) is 4.90 Å². The maximum Gasteiger partial charge on any atom is 0.239 e. The zero-order valence-electron chi connectivity index (χ0n) is 9.79. The number of amides is 1. The normalized spacial score (nSPS) is 21.3. The number of hydrogen-bond donors (Lipinski definition) is 1. The molecular formula is C11H22N2O2. The number of ether oxygens (including phenoxy) is 1. The Hall–Kier alpha value is -0.610. The Labute approximate surface area is 92.0 Å². The van der Waals surface area contributed by atoms with Crippen molar-refractivity contribution < 1.29 is 9.53 Å². The summed E-state index contributed by atoms with van der Waals surface area (Å²) in [7, 11) is 1.86. The Morgan fingerprint density at radius 1 is 1.53 bits per heavy atom. The highest BCUT2D eigenvalue weighted by molar-refractivity contribution is 5.83. The molecular weight excluding hydrogens is 192 g/mol. The lowest BCUT2D eigenvalue weighted by molar-refractivity contribution is -0.128. The van der Waals surface area contributed by atoms with Crippen LogP contribution in [0.5, 0.6) is 0 Å². The molecule has 0 spiro atoms. The molecule has 1 heterocycles. The molecule has 1 N–H and O–H groups in total. The van der Waals surface area contributed by atoms with Gasteiger partial charge in [0.15, 0.2) is 0 Å². The van der Waals surface area contributed by atoms with Gasteiger partial charge < -0.3 is 15.0 Å². The van der Waals surface area contributed by atoms with E-state index in [4.69, 9.17) is 4.74 Å². The third-order valence-electron chi connectivity index (χ3n) is 2.63. The average molecular weight is 214 g/mol. The van der Waals surface area contributed by atoms with E-state index in [1.807, 2.05) is 7.05 Å². The van der Waals surface area contributed by atoms with E-state index >= 15 is 0 Å². The zero-order valence-corrected chi connectivity index (χ0v) is 9.79. The molecule has 1 aliphatic rings. The van der Waals surface area contributed by atoms with Crippen molar-refractivity contribution in [3.05, 3.63) is 0 Å². The minimum absolute atomic E-state index is 0.0428. The maximum absolute atomic E-state index is 11.5. The fourth-order valence-corrected chi connectivity index (χ4v) is 1.71. The molecule has 0 aromatic carbocycles. The van der Waals surface area contributed by atoms with Gasteiger partial charge in [-0.3, -0.25) is 4.79 Å². The zero-order chi connectivity index (χ0) is 11.1. The van der Waals surface area contributed by atoms with Gasteiger partial charge in [0.25, 0.3) is 0 Å².